The second-order valence-electron chi connectivity index (χ2n) is 4.20. The molecule has 0 spiro atoms. The number of thiazole rings is 1. The molecule has 0 aliphatic carbocycles. The van der Waals surface area contributed by atoms with Gasteiger partial charge in [-0.05, 0) is 35.0 Å². The normalized spacial score (nSPS) is 14.1. The van der Waals surface area contributed by atoms with Crippen LogP contribution in [0, 0.1) is 6.92 Å². The Balaban J connectivity index is 2.04. The largest absolute Gasteiger partial charge is 0.299 e. The minimum absolute atomic E-state index is 0.381. The molecule has 0 N–H and O–H groups in total. The van der Waals surface area contributed by atoms with E-state index in [1.807, 2.05) is 13.0 Å². The summed E-state index contributed by atoms with van der Waals surface area (Å²) in [6, 6.07) is 5.27. The smallest absolute Gasteiger partial charge is 0.298 e. The van der Waals surface area contributed by atoms with E-state index in [9.17, 15) is 9.59 Å². The molecule has 3 rings (SSSR count). The van der Waals surface area contributed by atoms with Gasteiger partial charge in [0, 0.05) is 15.5 Å². The van der Waals surface area contributed by atoms with E-state index in [1.165, 1.54) is 16.2 Å². The number of benzene rings is 1. The van der Waals surface area contributed by atoms with Crippen molar-refractivity contribution in [2.24, 2.45) is 0 Å². The molecule has 1 aliphatic rings. The summed E-state index contributed by atoms with van der Waals surface area (Å²) >= 11 is 4.93. The number of carbonyl (C=O) groups excluding carboxylic acids is 2. The number of hydrogen-bond donors (Lipinski definition) is 0. The van der Waals surface area contributed by atoms with Crippen molar-refractivity contribution in [3.8, 4) is 0 Å². The number of halogens is 1. The highest BCUT2D eigenvalue weighted by Gasteiger charge is 2.37. The average molecular weight is 337 g/mol. The molecule has 19 heavy (non-hydrogen) atoms. The van der Waals surface area contributed by atoms with Gasteiger partial charge < -0.3 is 0 Å². The number of fused-ring (bicyclic) bond motifs is 1. The lowest BCUT2D eigenvalue weighted by molar-refractivity contribution is -0.114. The maximum atomic E-state index is 12.1. The molecule has 0 saturated heterocycles. The Labute approximate surface area is 122 Å². The quantitative estimate of drug-likeness (QED) is 0.792. The number of Topliss-reactive ketones (excluding diaryl/α,β-unsaturated/α-hetero) is 1. The van der Waals surface area contributed by atoms with Gasteiger partial charge in [-0.25, -0.2) is 4.98 Å². The van der Waals surface area contributed by atoms with Gasteiger partial charge in [-0.3, -0.25) is 14.5 Å². The standard InChI is InChI=1S/C13H9BrN2O2S/c1-7-15-5-8(19-7)6-16-11-9(12(17)13(16)18)3-2-4-10(11)14/h2-5H,6H2,1H3. The van der Waals surface area contributed by atoms with Gasteiger partial charge in [0.2, 0.25) is 0 Å². The molecule has 4 nitrogen and oxygen atoms in total. The first-order valence-electron chi connectivity index (χ1n) is 5.64. The number of nitrogens with zero attached hydrogens (tertiary/aromatic N) is 2. The van der Waals surface area contributed by atoms with Crippen LogP contribution in [0.5, 0.6) is 0 Å². The van der Waals surface area contributed by atoms with Crippen LogP contribution >= 0.6 is 27.3 Å². The summed E-state index contributed by atoms with van der Waals surface area (Å²) in [5.41, 5.74) is 1.11. The maximum absolute atomic E-state index is 12.1. The molecule has 0 atom stereocenters. The van der Waals surface area contributed by atoms with E-state index >= 15 is 0 Å². The third-order valence-corrected chi connectivity index (χ3v) is 4.46. The van der Waals surface area contributed by atoms with Gasteiger partial charge in [0.1, 0.15) is 0 Å². The van der Waals surface area contributed by atoms with Gasteiger partial charge >= 0.3 is 0 Å². The fraction of sp³-hybridized carbons (Fsp3) is 0.154. The molecule has 0 saturated carbocycles. The van der Waals surface area contributed by atoms with Crippen LogP contribution in [-0.4, -0.2) is 16.7 Å². The third-order valence-electron chi connectivity index (χ3n) is 2.92. The molecule has 1 aromatic carbocycles. The van der Waals surface area contributed by atoms with Crippen molar-refractivity contribution in [1.82, 2.24) is 4.98 Å². The molecule has 0 fully saturated rings. The van der Waals surface area contributed by atoms with Gasteiger partial charge in [-0.15, -0.1) is 11.3 Å². The van der Waals surface area contributed by atoms with E-state index in [0.717, 1.165) is 14.4 Å². The van der Waals surface area contributed by atoms with Crippen LogP contribution in [0.3, 0.4) is 0 Å². The number of rotatable bonds is 2. The number of para-hydroxylation sites is 1. The van der Waals surface area contributed by atoms with Crippen LogP contribution < -0.4 is 4.90 Å². The molecule has 1 aromatic heterocycles. The fourth-order valence-electron chi connectivity index (χ4n) is 2.10. The zero-order valence-corrected chi connectivity index (χ0v) is 12.4. The van der Waals surface area contributed by atoms with Crippen LogP contribution in [0.1, 0.15) is 20.2 Å². The van der Waals surface area contributed by atoms with E-state index in [-0.39, 0.29) is 0 Å². The molecule has 96 valence electrons. The Kier molecular flexibility index (Phi) is 2.99. The first-order valence-corrected chi connectivity index (χ1v) is 7.25. The number of amides is 1. The number of aromatic nitrogens is 1. The van der Waals surface area contributed by atoms with E-state index in [2.05, 4.69) is 20.9 Å². The van der Waals surface area contributed by atoms with Gasteiger partial charge in [0.25, 0.3) is 11.7 Å². The Morgan fingerprint density at radius 2 is 2.16 bits per heavy atom. The van der Waals surface area contributed by atoms with Crippen molar-refractivity contribution in [1.29, 1.82) is 0 Å². The second-order valence-corrected chi connectivity index (χ2v) is 6.38. The topological polar surface area (TPSA) is 50.3 Å². The summed E-state index contributed by atoms with van der Waals surface area (Å²) in [6.07, 6.45) is 1.74. The highest BCUT2D eigenvalue weighted by Crippen LogP contribution is 2.37. The van der Waals surface area contributed by atoms with Crippen LogP contribution in [0.4, 0.5) is 5.69 Å². The predicted octanol–water partition coefficient (Wildman–Crippen LogP) is 2.94. The molecule has 2 heterocycles. The SMILES string of the molecule is Cc1ncc(CN2C(=O)C(=O)c3cccc(Br)c32)s1. The Morgan fingerprint density at radius 3 is 2.84 bits per heavy atom. The summed E-state index contributed by atoms with van der Waals surface area (Å²) < 4.78 is 0.755. The molecule has 2 aromatic rings. The maximum Gasteiger partial charge on any atom is 0.299 e. The van der Waals surface area contributed by atoms with E-state index in [4.69, 9.17) is 0 Å². The lowest BCUT2D eigenvalue weighted by Crippen LogP contribution is -2.28. The number of carbonyl (C=O) groups is 2. The molecule has 1 amide bonds. The van der Waals surface area contributed by atoms with Crippen LogP contribution in [0.2, 0.25) is 0 Å². The zero-order chi connectivity index (χ0) is 13.6. The lowest BCUT2D eigenvalue weighted by atomic mass is 10.1. The van der Waals surface area contributed by atoms with Crippen LogP contribution in [0.25, 0.3) is 0 Å². The van der Waals surface area contributed by atoms with Crippen molar-refractivity contribution in [3.63, 3.8) is 0 Å². The number of ketones is 1. The Morgan fingerprint density at radius 1 is 1.37 bits per heavy atom. The van der Waals surface area contributed by atoms with Crippen LogP contribution in [0.15, 0.2) is 28.9 Å². The number of aryl methyl sites for hydroxylation is 1. The van der Waals surface area contributed by atoms with Crippen molar-refractivity contribution in [2.75, 3.05) is 4.90 Å². The number of hydrogen-bond acceptors (Lipinski definition) is 4. The number of anilines is 1. The Hall–Kier alpha value is -1.53. The van der Waals surface area contributed by atoms with E-state index in [0.29, 0.717) is 17.8 Å². The monoisotopic (exact) mass is 336 g/mol. The highest BCUT2D eigenvalue weighted by atomic mass is 79.9. The molecule has 0 unspecified atom stereocenters. The van der Waals surface area contributed by atoms with Gasteiger partial charge in [-0.2, -0.15) is 0 Å². The molecule has 6 heteroatoms. The van der Waals surface area contributed by atoms with Crippen molar-refractivity contribution in [2.45, 2.75) is 13.5 Å². The van der Waals surface area contributed by atoms with Gasteiger partial charge in [0.05, 0.1) is 22.8 Å². The molecular formula is C13H9BrN2O2S. The van der Waals surface area contributed by atoms with Gasteiger partial charge in [0.15, 0.2) is 0 Å². The second kappa shape index (κ2) is 4.54. The van der Waals surface area contributed by atoms with Crippen molar-refractivity contribution >= 4 is 44.6 Å². The minimum Gasteiger partial charge on any atom is -0.298 e. The Bertz CT molecular complexity index is 696. The van der Waals surface area contributed by atoms with Crippen molar-refractivity contribution < 1.29 is 9.59 Å². The van der Waals surface area contributed by atoms with E-state index in [1.54, 1.807) is 18.3 Å². The van der Waals surface area contributed by atoms with Crippen molar-refractivity contribution in [3.05, 3.63) is 44.3 Å². The average Bonchev–Trinajstić information content (AvgIpc) is 2.89. The molecular weight excluding hydrogens is 328 g/mol. The fourth-order valence-corrected chi connectivity index (χ4v) is 3.46. The zero-order valence-electron chi connectivity index (χ0n) is 10.0. The first kappa shape index (κ1) is 12.5. The summed E-state index contributed by atoms with van der Waals surface area (Å²) in [7, 11) is 0. The predicted molar refractivity (Wildman–Crippen MR) is 76.5 cm³/mol. The molecule has 1 aliphatic heterocycles. The minimum atomic E-state index is -0.479. The molecule has 0 bridgehead atoms. The van der Waals surface area contributed by atoms with Gasteiger partial charge in [-0.1, -0.05) is 6.07 Å². The van der Waals surface area contributed by atoms with E-state index < -0.39 is 11.7 Å². The van der Waals surface area contributed by atoms with Crippen LogP contribution in [-0.2, 0) is 11.3 Å². The molecule has 0 radical (unpaired) electrons. The summed E-state index contributed by atoms with van der Waals surface area (Å²) in [6.45, 7) is 2.29. The highest BCUT2D eigenvalue weighted by molar-refractivity contribution is 9.10. The summed E-state index contributed by atoms with van der Waals surface area (Å²) in [5.74, 6) is -0.925. The lowest BCUT2D eigenvalue weighted by Gasteiger charge is -2.16. The summed E-state index contributed by atoms with van der Waals surface area (Å²) in [5, 5.41) is 0.945. The first-order chi connectivity index (χ1) is 9.08. The summed E-state index contributed by atoms with van der Waals surface area (Å²) in [4.78, 5) is 30.6. The third kappa shape index (κ3) is 2.01.